The molecule has 1 spiro atoms. The minimum Gasteiger partial charge on any atom is -0.314 e. The molecule has 1 N–H and O–H groups in total. The summed E-state index contributed by atoms with van der Waals surface area (Å²) in [6.07, 6.45) is 0. The Labute approximate surface area is 131 Å². The van der Waals surface area contributed by atoms with E-state index in [0.29, 0.717) is 6.54 Å². The summed E-state index contributed by atoms with van der Waals surface area (Å²) in [4.78, 5) is 19.5. The molecular formula is C18H23N3O. The summed E-state index contributed by atoms with van der Waals surface area (Å²) in [5, 5.41) is 3.25. The number of carbonyl (C=O) groups excluding carboxylic acids is 1. The fourth-order valence-corrected chi connectivity index (χ4v) is 3.13. The van der Waals surface area contributed by atoms with Crippen molar-refractivity contribution >= 4 is 17.3 Å². The van der Waals surface area contributed by atoms with Crippen molar-refractivity contribution in [1.82, 2.24) is 5.32 Å². The van der Waals surface area contributed by atoms with Crippen LogP contribution in [0.3, 0.4) is 0 Å². The van der Waals surface area contributed by atoms with Gasteiger partial charge in [-0.1, -0.05) is 23.8 Å². The fourth-order valence-electron chi connectivity index (χ4n) is 3.13. The van der Waals surface area contributed by atoms with Crippen LogP contribution in [0.25, 0.3) is 0 Å². The van der Waals surface area contributed by atoms with Crippen LogP contribution in [0.1, 0.15) is 33.3 Å². The van der Waals surface area contributed by atoms with E-state index in [1.165, 1.54) is 5.57 Å². The van der Waals surface area contributed by atoms with Crippen LogP contribution >= 0.6 is 0 Å². The second kappa shape index (κ2) is 5.36. The van der Waals surface area contributed by atoms with Gasteiger partial charge in [-0.3, -0.25) is 9.79 Å². The van der Waals surface area contributed by atoms with Gasteiger partial charge in [0, 0.05) is 30.2 Å². The van der Waals surface area contributed by atoms with Gasteiger partial charge in [0.15, 0.2) is 0 Å². The van der Waals surface area contributed by atoms with Crippen molar-refractivity contribution < 1.29 is 4.79 Å². The summed E-state index contributed by atoms with van der Waals surface area (Å²) in [6, 6.07) is 8.14. The molecule has 3 rings (SSSR count). The fraction of sp³-hybridized carbons (Fsp3) is 0.444. The number of hydrogen-bond acceptors (Lipinski definition) is 3. The molecule has 1 amide bonds. The van der Waals surface area contributed by atoms with Gasteiger partial charge >= 0.3 is 0 Å². The third-order valence-corrected chi connectivity index (χ3v) is 4.69. The van der Waals surface area contributed by atoms with E-state index in [9.17, 15) is 4.79 Å². The number of hydrogen-bond donors (Lipinski definition) is 1. The van der Waals surface area contributed by atoms with Gasteiger partial charge in [-0.15, -0.1) is 0 Å². The van der Waals surface area contributed by atoms with Crippen LogP contribution in [0.5, 0.6) is 0 Å². The highest BCUT2D eigenvalue weighted by Crippen LogP contribution is 2.43. The molecule has 0 atom stereocenters. The maximum atomic E-state index is 12.9. The highest BCUT2D eigenvalue weighted by molar-refractivity contribution is 6.12. The van der Waals surface area contributed by atoms with Crippen molar-refractivity contribution in [3.05, 3.63) is 41.1 Å². The molecule has 0 aliphatic carbocycles. The van der Waals surface area contributed by atoms with E-state index in [-0.39, 0.29) is 11.3 Å². The van der Waals surface area contributed by atoms with E-state index in [1.807, 2.05) is 36.9 Å². The van der Waals surface area contributed by atoms with Crippen LogP contribution in [0, 0.1) is 0 Å². The molecule has 1 fully saturated rings. The van der Waals surface area contributed by atoms with E-state index >= 15 is 0 Å². The van der Waals surface area contributed by atoms with Gasteiger partial charge in [0.25, 0.3) is 0 Å². The summed E-state index contributed by atoms with van der Waals surface area (Å²) in [5.74, 6) is 0.205. The normalized spacial score (nSPS) is 19.2. The van der Waals surface area contributed by atoms with Gasteiger partial charge in [-0.2, -0.15) is 0 Å². The molecule has 0 radical (unpaired) electrons. The number of nitrogens with one attached hydrogen (secondary N) is 1. The number of rotatable bonds is 3. The summed E-state index contributed by atoms with van der Waals surface area (Å²) in [5.41, 5.74) is 5.04. The summed E-state index contributed by atoms with van der Waals surface area (Å²) in [6.45, 7) is 10.1. The first kappa shape index (κ1) is 15.0. The molecule has 0 bridgehead atoms. The molecule has 1 aromatic rings. The first-order valence-corrected chi connectivity index (χ1v) is 7.76. The highest BCUT2D eigenvalue weighted by atomic mass is 16.2. The van der Waals surface area contributed by atoms with Gasteiger partial charge in [-0.05, 0) is 39.3 Å². The second-order valence-corrected chi connectivity index (χ2v) is 6.53. The third-order valence-electron chi connectivity index (χ3n) is 4.69. The summed E-state index contributed by atoms with van der Waals surface area (Å²) >= 11 is 0. The number of nitrogens with zero attached hydrogens (tertiary/aromatic N) is 2. The van der Waals surface area contributed by atoms with Crippen molar-refractivity contribution in [2.24, 2.45) is 4.99 Å². The number of benzene rings is 1. The van der Waals surface area contributed by atoms with Crippen LogP contribution < -0.4 is 10.2 Å². The van der Waals surface area contributed by atoms with Crippen molar-refractivity contribution in [3.8, 4) is 0 Å². The van der Waals surface area contributed by atoms with Crippen molar-refractivity contribution in [3.63, 3.8) is 0 Å². The Morgan fingerprint density at radius 2 is 1.91 bits per heavy atom. The van der Waals surface area contributed by atoms with Gasteiger partial charge in [0.2, 0.25) is 5.91 Å². The average molecular weight is 297 g/mol. The van der Waals surface area contributed by atoms with Crippen molar-refractivity contribution in [1.29, 1.82) is 0 Å². The molecular weight excluding hydrogens is 274 g/mol. The number of para-hydroxylation sites is 1. The van der Waals surface area contributed by atoms with Crippen LogP contribution in [-0.2, 0) is 10.2 Å². The molecule has 2 aliphatic heterocycles. The van der Waals surface area contributed by atoms with Gasteiger partial charge in [0.05, 0.1) is 6.54 Å². The molecule has 22 heavy (non-hydrogen) atoms. The SMILES string of the molecule is CC(C)=C(C)/N=C(\C)CN1C(=O)C2(CNC2)c2ccccc21. The molecule has 2 heterocycles. The van der Waals surface area contributed by atoms with Crippen molar-refractivity contribution in [2.75, 3.05) is 24.5 Å². The smallest absolute Gasteiger partial charge is 0.240 e. The largest absolute Gasteiger partial charge is 0.314 e. The molecule has 116 valence electrons. The minimum atomic E-state index is -0.345. The average Bonchev–Trinajstić information content (AvgIpc) is 2.68. The number of allylic oxidation sites excluding steroid dienone is 2. The molecule has 0 aromatic heterocycles. The lowest BCUT2D eigenvalue weighted by molar-refractivity contribution is -0.124. The van der Waals surface area contributed by atoms with Crippen molar-refractivity contribution in [2.45, 2.75) is 33.1 Å². The second-order valence-electron chi connectivity index (χ2n) is 6.53. The van der Waals surface area contributed by atoms with E-state index in [1.54, 1.807) is 0 Å². The summed E-state index contributed by atoms with van der Waals surface area (Å²) < 4.78 is 0. The third kappa shape index (κ3) is 2.18. The first-order valence-electron chi connectivity index (χ1n) is 7.76. The Balaban J connectivity index is 1.92. The zero-order chi connectivity index (χ0) is 15.9. The Hall–Kier alpha value is -1.94. The Kier molecular flexibility index (Phi) is 3.65. The lowest BCUT2D eigenvalue weighted by atomic mass is 9.76. The molecule has 4 heteroatoms. The number of carbonyl (C=O) groups is 1. The Bertz CT molecular complexity index is 679. The van der Waals surface area contributed by atoms with E-state index < -0.39 is 0 Å². The molecule has 2 aliphatic rings. The van der Waals surface area contributed by atoms with Gasteiger partial charge in [-0.25, -0.2) is 0 Å². The number of aliphatic imine (C=N–C) groups is 1. The molecule has 0 unspecified atom stereocenters. The van der Waals surface area contributed by atoms with Crippen LogP contribution in [0.4, 0.5) is 5.69 Å². The van der Waals surface area contributed by atoms with Crippen LogP contribution in [-0.4, -0.2) is 31.3 Å². The predicted molar refractivity (Wildman–Crippen MR) is 90.5 cm³/mol. The maximum Gasteiger partial charge on any atom is 0.240 e. The summed E-state index contributed by atoms with van der Waals surface area (Å²) in [7, 11) is 0. The molecule has 1 saturated heterocycles. The monoisotopic (exact) mass is 297 g/mol. The maximum absolute atomic E-state index is 12.9. The van der Waals surface area contributed by atoms with Crippen LogP contribution in [0.2, 0.25) is 0 Å². The topological polar surface area (TPSA) is 44.7 Å². The van der Waals surface area contributed by atoms with E-state index in [4.69, 9.17) is 0 Å². The lowest BCUT2D eigenvalue weighted by Crippen LogP contribution is -2.62. The van der Waals surface area contributed by atoms with Crippen LogP contribution in [0.15, 0.2) is 40.5 Å². The molecule has 4 nitrogen and oxygen atoms in total. The zero-order valence-corrected chi connectivity index (χ0v) is 13.7. The zero-order valence-electron chi connectivity index (χ0n) is 13.7. The lowest BCUT2D eigenvalue weighted by Gasteiger charge is -2.38. The molecule has 1 aromatic carbocycles. The number of anilines is 1. The Morgan fingerprint density at radius 3 is 2.50 bits per heavy atom. The van der Waals surface area contributed by atoms with Gasteiger partial charge in [0.1, 0.15) is 5.41 Å². The quantitative estimate of drug-likeness (QED) is 0.872. The highest BCUT2D eigenvalue weighted by Gasteiger charge is 2.54. The predicted octanol–water partition coefficient (Wildman–Crippen LogP) is 2.65. The number of fused-ring (bicyclic) bond motifs is 2. The van der Waals surface area contributed by atoms with Gasteiger partial charge < -0.3 is 10.2 Å². The Morgan fingerprint density at radius 1 is 1.23 bits per heavy atom. The van der Waals surface area contributed by atoms with E-state index in [2.05, 4.69) is 30.2 Å². The van der Waals surface area contributed by atoms with E-state index in [0.717, 1.165) is 35.7 Å². The minimum absolute atomic E-state index is 0.205. The number of amides is 1. The first-order chi connectivity index (χ1) is 10.5. The molecule has 0 saturated carbocycles. The standard InChI is InChI=1S/C18H23N3O/c1-12(2)14(4)20-13(3)9-21-16-8-6-5-7-15(16)18(17(21)22)10-19-11-18/h5-8,19H,9-11H2,1-4H3/b20-13+.